The molecule has 2 aromatic rings. The Balaban J connectivity index is 1.70. The largest absolute Gasteiger partial charge is 0.495 e. The molecule has 7 heteroatoms. The van der Waals surface area contributed by atoms with E-state index >= 15 is 0 Å². The smallest absolute Gasteiger partial charge is 0.148 e. The molecule has 122 valence electrons. The fraction of sp³-hybridized carbons (Fsp3) is 0.375. The Kier molecular flexibility index (Phi) is 4.75. The number of hydrogen-bond donors (Lipinski definition) is 1. The van der Waals surface area contributed by atoms with E-state index < -0.39 is 12.0 Å². The van der Waals surface area contributed by atoms with E-state index in [1.54, 1.807) is 18.2 Å². The molecule has 1 aromatic heterocycles. The van der Waals surface area contributed by atoms with Crippen LogP contribution in [-0.2, 0) is 0 Å². The van der Waals surface area contributed by atoms with Crippen LogP contribution in [0.25, 0.3) is 11.3 Å². The highest BCUT2D eigenvalue weighted by atomic mass is 79.9. The summed E-state index contributed by atoms with van der Waals surface area (Å²) < 4.78 is 32.6. The van der Waals surface area contributed by atoms with Crippen molar-refractivity contribution >= 4 is 21.7 Å². The average molecular weight is 384 g/mol. The van der Waals surface area contributed by atoms with Crippen molar-refractivity contribution in [1.82, 2.24) is 10.2 Å². The number of alkyl halides is 1. The van der Waals surface area contributed by atoms with Crippen LogP contribution < -0.4 is 10.1 Å². The Bertz CT molecular complexity index is 690. The van der Waals surface area contributed by atoms with Crippen LogP contribution in [0.2, 0.25) is 0 Å². The molecule has 23 heavy (non-hydrogen) atoms. The number of methoxy groups -OCH3 is 1. The molecule has 3 rings (SSSR count). The number of benzene rings is 1. The van der Waals surface area contributed by atoms with Gasteiger partial charge in [0.05, 0.1) is 17.3 Å². The second kappa shape index (κ2) is 6.78. The highest BCUT2D eigenvalue weighted by Crippen LogP contribution is 2.33. The van der Waals surface area contributed by atoms with Gasteiger partial charge in [0.25, 0.3) is 0 Å². The number of ether oxygens (including phenoxy) is 1. The third kappa shape index (κ3) is 3.60. The predicted octanol–water partition coefficient (Wildman–Crippen LogP) is 4.21. The lowest BCUT2D eigenvalue weighted by Crippen LogP contribution is -2.30. The molecule has 0 saturated heterocycles. The first-order valence-corrected chi connectivity index (χ1v) is 8.11. The number of halogens is 3. The van der Waals surface area contributed by atoms with Gasteiger partial charge in [-0.05, 0) is 52.9 Å². The Labute approximate surface area is 141 Å². The van der Waals surface area contributed by atoms with Crippen LogP contribution in [-0.4, -0.2) is 30.0 Å². The van der Waals surface area contributed by atoms with Crippen molar-refractivity contribution in [3.05, 3.63) is 34.6 Å². The van der Waals surface area contributed by atoms with Gasteiger partial charge >= 0.3 is 0 Å². The molecule has 1 N–H and O–H groups in total. The van der Waals surface area contributed by atoms with Crippen molar-refractivity contribution in [3.63, 3.8) is 0 Å². The molecule has 0 aliphatic heterocycles. The maximum Gasteiger partial charge on any atom is 0.148 e. The lowest BCUT2D eigenvalue weighted by Gasteiger charge is -2.29. The van der Waals surface area contributed by atoms with E-state index in [1.165, 1.54) is 13.2 Å². The minimum Gasteiger partial charge on any atom is -0.495 e. The van der Waals surface area contributed by atoms with E-state index in [-0.39, 0.29) is 0 Å². The topological polar surface area (TPSA) is 47.0 Å². The number of aromatic nitrogens is 2. The van der Waals surface area contributed by atoms with Gasteiger partial charge in [0.1, 0.15) is 23.6 Å². The van der Waals surface area contributed by atoms with Gasteiger partial charge in [-0.25, -0.2) is 8.78 Å². The van der Waals surface area contributed by atoms with Gasteiger partial charge in [-0.15, -0.1) is 10.2 Å². The fourth-order valence-corrected chi connectivity index (χ4v) is 3.03. The molecule has 1 heterocycles. The molecule has 0 amide bonds. The van der Waals surface area contributed by atoms with Crippen LogP contribution in [0, 0.1) is 11.7 Å². The first-order chi connectivity index (χ1) is 11.1. The van der Waals surface area contributed by atoms with Gasteiger partial charge in [0, 0.05) is 18.2 Å². The Hall–Kier alpha value is -1.76. The van der Waals surface area contributed by atoms with Crippen molar-refractivity contribution in [2.75, 3.05) is 19.0 Å². The molecule has 1 aliphatic carbocycles. The maximum absolute atomic E-state index is 14.1. The number of nitrogens with zero attached hydrogens (tertiary/aromatic N) is 2. The average Bonchev–Trinajstić information content (AvgIpc) is 2.53. The van der Waals surface area contributed by atoms with Gasteiger partial charge in [0.2, 0.25) is 0 Å². The highest BCUT2D eigenvalue weighted by Gasteiger charge is 2.28. The van der Waals surface area contributed by atoms with Gasteiger partial charge in [-0.2, -0.15) is 0 Å². The van der Waals surface area contributed by atoms with E-state index in [0.717, 1.165) is 0 Å². The monoisotopic (exact) mass is 383 g/mol. The first kappa shape index (κ1) is 16.1. The Morgan fingerprint density at radius 1 is 1.30 bits per heavy atom. The van der Waals surface area contributed by atoms with Crippen molar-refractivity contribution in [3.8, 4) is 17.0 Å². The van der Waals surface area contributed by atoms with Crippen LogP contribution >= 0.6 is 15.9 Å². The highest BCUT2D eigenvalue weighted by molar-refractivity contribution is 9.10. The summed E-state index contributed by atoms with van der Waals surface area (Å²) in [5, 5.41) is 11.2. The summed E-state index contributed by atoms with van der Waals surface area (Å²) in [6, 6.07) is 6.36. The molecule has 0 radical (unpaired) electrons. The molecule has 1 fully saturated rings. The molecule has 0 unspecified atom stereocenters. The Morgan fingerprint density at radius 3 is 2.70 bits per heavy atom. The normalized spacial score (nSPS) is 20.0. The van der Waals surface area contributed by atoms with Crippen molar-refractivity contribution in [2.45, 2.75) is 19.0 Å². The van der Waals surface area contributed by atoms with Crippen molar-refractivity contribution in [2.24, 2.45) is 5.92 Å². The quantitative estimate of drug-likeness (QED) is 0.839. The van der Waals surface area contributed by atoms with Crippen LogP contribution in [0.5, 0.6) is 5.75 Å². The molecule has 4 nitrogen and oxygen atoms in total. The molecule has 0 spiro atoms. The van der Waals surface area contributed by atoms with Crippen LogP contribution in [0.4, 0.5) is 14.6 Å². The van der Waals surface area contributed by atoms with E-state index in [0.29, 0.717) is 52.6 Å². The number of hydrogen-bond acceptors (Lipinski definition) is 4. The number of anilines is 1. The van der Waals surface area contributed by atoms with E-state index in [2.05, 4.69) is 31.4 Å². The van der Waals surface area contributed by atoms with Crippen LogP contribution in [0.3, 0.4) is 0 Å². The third-order valence-electron chi connectivity index (χ3n) is 3.93. The molecule has 1 aliphatic rings. The van der Waals surface area contributed by atoms with Crippen LogP contribution in [0.1, 0.15) is 12.8 Å². The van der Waals surface area contributed by atoms with E-state index in [1.807, 2.05) is 0 Å². The second-order valence-corrected chi connectivity index (χ2v) is 6.44. The molecule has 0 atom stereocenters. The summed E-state index contributed by atoms with van der Waals surface area (Å²) in [6.45, 7) is 0.677. The molecule has 0 bridgehead atoms. The van der Waals surface area contributed by atoms with E-state index in [9.17, 15) is 8.78 Å². The standard InChI is InChI=1S/C16H16BrF2N3O/c1-23-15-7-13(19)11(6-12(15)17)14-2-3-16(22-21-14)20-8-9-4-10(18)5-9/h2-3,6-7,9-10H,4-5,8H2,1H3,(H,20,22). The van der Waals surface area contributed by atoms with Gasteiger partial charge < -0.3 is 10.1 Å². The fourth-order valence-electron chi connectivity index (χ4n) is 2.52. The van der Waals surface area contributed by atoms with Crippen molar-refractivity contribution in [1.29, 1.82) is 0 Å². The summed E-state index contributed by atoms with van der Waals surface area (Å²) in [7, 11) is 1.48. The zero-order valence-electron chi connectivity index (χ0n) is 12.5. The zero-order chi connectivity index (χ0) is 16.4. The molecule has 1 saturated carbocycles. The first-order valence-electron chi connectivity index (χ1n) is 7.32. The van der Waals surface area contributed by atoms with Gasteiger partial charge in [-0.3, -0.25) is 0 Å². The minimum absolute atomic E-state index is 0.344. The van der Waals surface area contributed by atoms with Gasteiger partial charge in [-0.1, -0.05) is 0 Å². The maximum atomic E-state index is 14.1. The SMILES string of the molecule is COc1cc(F)c(-c2ccc(NCC3CC(F)C3)nn2)cc1Br. The predicted molar refractivity (Wildman–Crippen MR) is 87.8 cm³/mol. The summed E-state index contributed by atoms with van der Waals surface area (Å²) in [5.74, 6) is 0.943. The van der Waals surface area contributed by atoms with Crippen LogP contribution in [0.15, 0.2) is 28.7 Å². The summed E-state index contributed by atoms with van der Waals surface area (Å²) in [4.78, 5) is 0. The Morgan fingerprint density at radius 2 is 2.09 bits per heavy atom. The summed E-state index contributed by atoms with van der Waals surface area (Å²) >= 11 is 3.33. The number of nitrogens with one attached hydrogen (secondary N) is 1. The zero-order valence-corrected chi connectivity index (χ0v) is 14.1. The van der Waals surface area contributed by atoms with Gasteiger partial charge in [0.15, 0.2) is 0 Å². The molecule has 1 aromatic carbocycles. The second-order valence-electron chi connectivity index (χ2n) is 5.59. The lowest BCUT2D eigenvalue weighted by molar-refractivity contribution is 0.140. The van der Waals surface area contributed by atoms with Crippen molar-refractivity contribution < 1.29 is 13.5 Å². The summed E-state index contributed by atoms with van der Waals surface area (Å²) in [5.41, 5.74) is 0.778. The number of rotatable bonds is 5. The van der Waals surface area contributed by atoms with E-state index in [4.69, 9.17) is 4.74 Å². The summed E-state index contributed by atoms with van der Waals surface area (Å²) in [6.07, 6.45) is 0.541. The minimum atomic E-state index is -0.660. The lowest BCUT2D eigenvalue weighted by atomic mass is 9.83. The molecular weight excluding hydrogens is 368 g/mol. The third-order valence-corrected chi connectivity index (χ3v) is 4.55. The molecular formula is C16H16BrF2N3O.